The van der Waals surface area contributed by atoms with Gasteiger partial charge in [-0.2, -0.15) is 0 Å². The summed E-state index contributed by atoms with van der Waals surface area (Å²) in [5.41, 5.74) is 0.930. The highest BCUT2D eigenvalue weighted by Crippen LogP contribution is 2.25. The van der Waals surface area contributed by atoms with E-state index in [0.717, 1.165) is 0 Å². The molecule has 0 amide bonds. The molecule has 2 heterocycles. The molecule has 0 aliphatic carbocycles. The maximum absolute atomic E-state index is 11.8. The molecule has 21 heavy (non-hydrogen) atoms. The summed E-state index contributed by atoms with van der Waals surface area (Å²) >= 11 is 7.35. The summed E-state index contributed by atoms with van der Waals surface area (Å²) in [4.78, 5) is 29.4. The molecule has 0 radical (unpaired) electrons. The molecule has 1 aromatic carbocycles. The smallest absolute Gasteiger partial charge is 0.268 e. The van der Waals surface area contributed by atoms with E-state index in [-0.39, 0.29) is 12.2 Å². The van der Waals surface area contributed by atoms with Gasteiger partial charge in [0.2, 0.25) is 0 Å². The van der Waals surface area contributed by atoms with Gasteiger partial charge in [0.25, 0.3) is 5.56 Å². The van der Waals surface area contributed by atoms with E-state index in [1.165, 1.54) is 17.4 Å². The van der Waals surface area contributed by atoms with E-state index in [1.54, 1.807) is 18.2 Å². The average Bonchev–Trinajstić information content (AvgIpc) is 2.95. The lowest BCUT2D eigenvalue weighted by Gasteiger charge is -2.07. The number of rotatable bonds is 4. The molecule has 0 aliphatic rings. The number of nitrogens with one attached hydrogen (secondary N) is 1. The fourth-order valence-corrected chi connectivity index (χ4v) is 2.81. The van der Waals surface area contributed by atoms with Gasteiger partial charge in [-0.25, -0.2) is 4.98 Å². The molecule has 0 fully saturated rings. The summed E-state index contributed by atoms with van der Waals surface area (Å²) in [6.07, 6.45) is 0.708. The van der Waals surface area contributed by atoms with Crippen LogP contribution in [0.25, 0.3) is 10.2 Å². The van der Waals surface area contributed by atoms with Gasteiger partial charge in [0.05, 0.1) is 10.5 Å². The Balaban J connectivity index is 1.83. The van der Waals surface area contributed by atoms with Crippen molar-refractivity contribution >= 4 is 39.4 Å². The van der Waals surface area contributed by atoms with Crippen molar-refractivity contribution in [2.75, 3.05) is 0 Å². The Kier molecular flexibility index (Phi) is 3.72. The second-order valence-corrected chi connectivity index (χ2v) is 5.57. The van der Waals surface area contributed by atoms with Gasteiger partial charge in [-0.1, -0.05) is 11.6 Å². The number of nitrogens with zero attached hydrogens (tertiary/aromatic N) is 1. The first-order valence-corrected chi connectivity index (χ1v) is 7.27. The highest BCUT2D eigenvalue weighted by atomic mass is 35.5. The molecule has 3 aromatic rings. The first-order chi connectivity index (χ1) is 10.2. The lowest BCUT2D eigenvalue weighted by molar-refractivity contribution is 0.112. The molecule has 0 aliphatic heterocycles. The van der Waals surface area contributed by atoms with E-state index >= 15 is 0 Å². The molecular formula is C14H9ClN2O3S. The lowest BCUT2D eigenvalue weighted by Crippen LogP contribution is -2.12. The van der Waals surface area contributed by atoms with E-state index in [1.807, 2.05) is 5.38 Å². The van der Waals surface area contributed by atoms with Crippen molar-refractivity contribution in [2.45, 2.75) is 6.61 Å². The fraction of sp³-hybridized carbons (Fsp3) is 0.0714. The van der Waals surface area contributed by atoms with Crippen molar-refractivity contribution in [3.05, 3.63) is 56.4 Å². The summed E-state index contributed by atoms with van der Waals surface area (Å²) in [7, 11) is 0. The predicted molar refractivity (Wildman–Crippen MR) is 81.4 cm³/mol. The largest absolute Gasteiger partial charge is 0.484 e. The molecular weight excluding hydrogens is 312 g/mol. The molecule has 0 unspecified atom stereocenters. The third kappa shape index (κ3) is 2.81. The molecule has 0 saturated carbocycles. The predicted octanol–water partition coefficient (Wildman–Crippen LogP) is 3.03. The first-order valence-electron chi connectivity index (χ1n) is 6.01. The van der Waals surface area contributed by atoms with Crippen molar-refractivity contribution in [3.63, 3.8) is 0 Å². The minimum atomic E-state index is -0.184. The van der Waals surface area contributed by atoms with Gasteiger partial charge in [-0.3, -0.25) is 9.59 Å². The minimum Gasteiger partial charge on any atom is -0.484 e. The quantitative estimate of drug-likeness (QED) is 0.750. The third-order valence-electron chi connectivity index (χ3n) is 2.82. The summed E-state index contributed by atoms with van der Waals surface area (Å²) in [5.74, 6) is 0.844. The van der Waals surface area contributed by atoms with E-state index < -0.39 is 0 Å². The summed E-state index contributed by atoms with van der Waals surface area (Å²) in [6.45, 7) is 0.0845. The van der Waals surface area contributed by atoms with Crippen LogP contribution < -0.4 is 10.3 Å². The Morgan fingerprint density at radius 3 is 3.00 bits per heavy atom. The van der Waals surface area contributed by atoms with Crippen LogP contribution in [0.1, 0.15) is 16.2 Å². The van der Waals surface area contributed by atoms with Gasteiger partial charge < -0.3 is 9.72 Å². The number of halogens is 1. The molecule has 0 saturated heterocycles. The second kappa shape index (κ2) is 5.67. The molecule has 5 nitrogen and oxygen atoms in total. The van der Waals surface area contributed by atoms with Crippen LogP contribution >= 0.6 is 22.9 Å². The topological polar surface area (TPSA) is 72.0 Å². The number of ether oxygens (including phenoxy) is 1. The second-order valence-electron chi connectivity index (χ2n) is 4.24. The van der Waals surface area contributed by atoms with E-state index in [2.05, 4.69) is 9.97 Å². The Morgan fingerprint density at radius 2 is 2.24 bits per heavy atom. The number of hydrogen-bond acceptors (Lipinski definition) is 5. The molecule has 2 aromatic heterocycles. The molecule has 106 valence electrons. The van der Waals surface area contributed by atoms with Crippen LogP contribution in [0.4, 0.5) is 0 Å². The standard InChI is InChI=1S/C14H9ClN2O3S/c15-9-5-8(6-18)1-2-11(9)20-7-12-16-10-3-4-21-13(10)14(19)17-12/h1-6H,7H2,(H,16,17,19). The van der Waals surface area contributed by atoms with E-state index in [9.17, 15) is 9.59 Å². The molecule has 0 bridgehead atoms. The van der Waals surface area contributed by atoms with E-state index in [0.29, 0.717) is 38.7 Å². The van der Waals surface area contributed by atoms with Crippen LogP contribution in [0.3, 0.4) is 0 Å². The summed E-state index contributed by atoms with van der Waals surface area (Å²) < 4.78 is 6.12. The number of H-pyrrole nitrogens is 1. The van der Waals surface area contributed by atoms with Crippen molar-refractivity contribution < 1.29 is 9.53 Å². The Hall–Kier alpha value is -2.18. The zero-order chi connectivity index (χ0) is 14.8. The minimum absolute atomic E-state index is 0.0845. The molecule has 0 spiro atoms. The number of fused-ring (bicyclic) bond motifs is 1. The zero-order valence-electron chi connectivity index (χ0n) is 10.6. The monoisotopic (exact) mass is 320 g/mol. The first kappa shape index (κ1) is 13.8. The number of aldehydes is 1. The number of carbonyl (C=O) groups is 1. The SMILES string of the molecule is O=Cc1ccc(OCc2nc3ccsc3c(=O)[nH]2)c(Cl)c1. The highest BCUT2D eigenvalue weighted by Gasteiger charge is 2.07. The average molecular weight is 321 g/mol. The van der Waals surface area contributed by atoms with Gasteiger partial charge in [-0.05, 0) is 29.6 Å². The zero-order valence-corrected chi connectivity index (χ0v) is 12.2. The maximum atomic E-state index is 11.8. The molecule has 1 N–H and O–H groups in total. The molecule has 3 rings (SSSR count). The number of aromatic amines is 1. The van der Waals surface area contributed by atoms with E-state index in [4.69, 9.17) is 16.3 Å². The van der Waals surface area contributed by atoms with Crippen molar-refractivity contribution in [1.82, 2.24) is 9.97 Å². The van der Waals surface area contributed by atoms with Crippen LogP contribution in [0.5, 0.6) is 5.75 Å². The van der Waals surface area contributed by atoms with Crippen molar-refractivity contribution in [2.24, 2.45) is 0 Å². The van der Waals surface area contributed by atoms with Gasteiger partial charge in [-0.15, -0.1) is 11.3 Å². The number of aromatic nitrogens is 2. The van der Waals surface area contributed by atoms with Crippen molar-refractivity contribution in [1.29, 1.82) is 0 Å². The van der Waals surface area contributed by atoms with Crippen LogP contribution in [0.2, 0.25) is 5.02 Å². The Bertz CT molecular complexity index is 872. The maximum Gasteiger partial charge on any atom is 0.268 e. The number of thiophene rings is 1. The molecule has 7 heteroatoms. The summed E-state index contributed by atoms with van der Waals surface area (Å²) in [5, 5.41) is 2.14. The van der Waals surface area contributed by atoms with Crippen LogP contribution in [0.15, 0.2) is 34.4 Å². The van der Waals surface area contributed by atoms with Crippen LogP contribution in [-0.4, -0.2) is 16.3 Å². The fourth-order valence-electron chi connectivity index (χ4n) is 1.84. The Morgan fingerprint density at radius 1 is 1.38 bits per heavy atom. The van der Waals surface area contributed by atoms with Crippen LogP contribution in [0, 0.1) is 0 Å². The van der Waals surface area contributed by atoms with Gasteiger partial charge in [0.1, 0.15) is 29.2 Å². The number of hydrogen-bond donors (Lipinski definition) is 1. The third-order valence-corrected chi connectivity index (χ3v) is 4.02. The van der Waals surface area contributed by atoms with Crippen LogP contribution in [-0.2, 0) is 6.61 Å². The number of benzene rings is 1. The lowest BCUT2D eigenvalue weighted by atomic mass is 10.2. The summed E-state index contributed by atoms with van der Waals surface area (Å²) in [6, 6.07) is 6.51. The van der Waals surface area contributed by atoms with Crippen molar-refractivity contribution in [3.8, 4) is 5.75 Å². The van der Waals surface area contributed by atoms with Gasteiger partial charge in [0, 0.05) is 5.56 Å². The Labute approximate surface area is 128 Å². The van der Waals surface area contributed by atoms with Gasteiger partial charge in [0.15, 0.2) is 0 Å². The highest BCUT2D eigenvalue weighted by molar-refractivity contribution is 7.17. The molecule has 0 atom stereocenters. The number of carbonyl (C=O) groups excluding carboxylic acids is 1. The normalized spacial score (nSPS) is 10.7. The van der Waals surface area contributed by atoms with Gasteiger partial charge >= 0.3 is 0 Å².